The van der Waals surface area contributed by atoms with Crippen LogP contribution < -0.4 is 10.7 Å². The van der Waals surface area contributed by atoms with Gasteiger partial charge in [0.25, 0.3) is 11.8 Å². The first-order chi connectivity index (χ1) is 13.8. The molecule has 3 rings (SSSR count). The van der Waals surface area contributed by atoms with Gasteiger partial charge in [0.2, 0.25) is 5.43 Å². The second-order valence-corrected chi connectivity index (χ2v) is 6.42. The van der Waals surface area contributed by atoms with Crippen LogP contribution in [0.1, 0.15) is 32.8 Å². The van der Waals surface area contributed by atoms with E-state index in [4.69, 9.17) is 5.26 Å². The number of amides is 2. The number of rotatable bonds is 5. The lowest BCUT2D eigenvalue weighted by molar-refractivity contribution is -0.0113. The van der Waals surface area contributed by atoms with E-state index in [0.717, 1.165) is 15.7 Å². The van der Waals surface area contributed by atoms with Crippen molar-refractivity contribution in [1.29, 1.82) is 5.26 Å². The predicted octanol–water partition coefficient (Wildman–Crippen LogP) is 0.311. The van der Waals surface area contributed by atoms with E-state index in [9.17, 15) is 29.0 Å². The Morgan fingerprint density at radius 1 is 1.31 bits per heavy atom. The van der Waals surface area contributed by atoms with Crippen molar-refractivity contribution >= 4 is 11.8 Å². The number of benzene rings is 1. The number of carbonyl (C=O) groups is 2. The highest BCUT2D eigenvalue weighted by Gasteiger charge is 2.35. The number of aromatic nitrogens is 1. The Bertz CT molecular complexity index is 1060. The van der Waals surface area contributed by atoms with Crippen molar-refractivity contribution in [1.82, 2.24) is 14.8 Å². The summed E-state index contributed by atoms with van der Waals surface area (Å²) in [6.07, 6.45) is -0.210. The molecular formula is C19H17FN4O5. The normalized spacial score (nSPS) is 15.6. The van der Waals surface area contributed by atoms with Crippen LogP contribution in [0.5, 0.6) is 5.75 Å². The number of nitrogens with one attached hydrogen (secondary N) is 1. The molecule has 0 spiro atoms. The van der Waals surface area contributed by atoms with Crippen LogP contribution in [0, 0.1) is 17.1 Å². The van der Waals surface area contributed by atoms with Gasteiger partial charge in [-0.2, -0.15) is 5.26 Å². The zero-order valence-electron chi connectivity index (χ0n) is 15.1. The lowest BCUT2D eigenvalue weighted by atomic mass is 10.1. The van der Waals surface area contributed by atoms with Crippen molar-refractivity contribution in [3.8, 4) is 11.8 Å². The molecule has 2 heterocycles. The third-order valence-electron chi connectivity index (χ3n) is 4.51. The topological polar surface area (TPSA) is 136 Å². The van der Waals surface area contributed by atoms with Gasteiger partial charge in [0.05, 0.1) is 19.0 Å². The second kappa shape index (κ2) is 8.12. The SMILES string of the molecule is N#CCCN1C(=O)c2c(O)c(=O)c(C(=O)NCc3ccc(F)cc3)cn2CC1O. The molecule has 2 aromatic rings. The third-order valence-corrected chi connectivity index (χ3v) is 4.51. The summed E-state index contributed by atoms with van der Waals surface area (Å²) in [5.41, 5.74) is -1.19. The fourth-order valence-corrected chi connectivity index (χ4v) is 3.03. The molecule has 0 saturated heterocycles. The summed E-state index contributed by atoms with van der Waals surface area (Å²) < 4.78 is 14.1. The molecular weight excluding hydrogens is 383 g/mol. The van der Waals surface area contributed by atoms with Gasteiger partial charge in [-0.25, -0.2) is 4.39 Å². The van der Waals surface area contributed by atoms with E-state index in [1.54, 1.807) is 0 Å². The van der Waals surface area contributed by atoms with Crippen molar-refractivity contribution in [3.05, 3.63) is 63.3 Å². The third kappa shape index (κ3) is 3.95. The predicted molar refractivity (Wildman–Crippen MR) is 97.2 cm³/mol. The monoisotopic (exact) mass is 400 g/mol. The molecule has 0 saturated carbocycles. The van der Waals surface area contributed by atoms with Gasteiger partial charge in [-0.05, 0) is 17.7 Å². The summed E-state index contributed by atoms with van der Waals surface area (Å²) in [4.78, 5) is 38.3. The quantitative estimate of drug-likeness (QED) is 0.661. The number of pyridine rings is 1. The summed E-state index contributed by atoms with van der Waals surface area (Å²) in [6, 6.07) is 7.25. The highest BCUT2D eigenvalue weighted by Crippen LogP contribution is 2.23. The molecule has 2 amide bonds. The Morgan fingerprint density at radius 3 is 2.66 bits per heavy atom. The maximum Gasteiger partial charge on any atom is 0.276 e. The van der Waals surface area contributed by atoms with Crippen molar-refractivity contribution in [2.45, 2.75) is 25.7 Å². The van der Waals surface area contributed by atoms with Gasteiger partial charge < -0.3 is 25.0 Å². The number of hydrogen-bond donors (Lipinski definition) is 3. The maximum atomic E-state index is 12.9. The molecule has 1 aliphatic rings. The largest absolute Gasteiger partial charge is 0.503 e. The van der Waals surface area contributed by atoms with E-state index in [2.05, 4.69) is 5.32 Å². The fourth-order valence-electron chi connectivity index (χ4n) is 3.03. The van der Waals surface area contributed by atoms with Gasteiger partial charge in [0, 0.05) is 19.3 Å². The lowest BCUT2D eigenvalue weighted by Crippen LogP contribution is -2.49. The Morgan fingerprint density at radius 2 is 2.00 bits per heavy atom. The smallest absolute Gasteiger partial charge is 0.276 e. The maximum absolute atomic E-state index is 12.9. The number of hydrogen-bond acceptors (Lipinski definition) is 6. The van der Waals surface area contributed by atoms with Crippen LogP contribution in [0.25, 0.3) is 0 Å². The first kappa shape index (κ1) is 20.0. The molecule has 1 aromatic heterocycles. The molecule has 3 N–H and O–H groups in total. The molecule has 10 heteroatoms. The lowest BCUT2D eigenvalue weighted by Gasteiger charge is -2.34. The molecule has 150 valence electrons. The summed E-state index contributed by atoms with van der Waals surface area (Å²) in [5, 5.41) is 31.6. The summed E-state index contributed by atoms with van der Waals surface area (Å²) >= 11 is 0. The van der Waals surface area contributed by atoms with Gasteiger partial charge in [-0.3, -0.25) is 14.4 Å². The van der Waals surface area contributed by atoms with Crippen LogP contribution in [-0.4, -0.2) is 44.3 Å². The van der Waals surface area contributed by atoms with E-state index in [0.29, 0.717) is 5.56 Å². The molecule has 9 nitrogen and oxygen atoms in total. The van der Waals surface area contributed by atoms with Crippen molar-refractivity contribution in [2.75, 3.05) is 6.54 Å². The summed E-state index contributed by atoms with van der Waals surface area (Å²) in [5.74, 6) is -2.94. The van der Waals surface area contributed by atoms with Crippen molar-refractivity contribution < 1.29 is 24.2 Å². The van der Waals surface area contributed by atoms with E-state index in [1.807, 2.05) is 6.07 Å². The highest BCUT2D eigenvalue weighted by atomic mass is 19.1. The van der Waals surface area contributed by atoms with E-state index in [1.165, 1.54) is 24.3 Å². The molecule has 1 aliphatic heterocycles. The summed E-state index contributed by atoms with van der Waals surface area (Å²) in [7, 11) is 0. The number of halogens is 1. The minimum absolute atomic E-state index is 0.0184. The van der Waals surface area contributed by atoms with Crippen LogP contribution in [-0.2, 0) is 13.1 Å². The number of aliphatic hydroxyl groups excluding tert-OH is 1. The Hall–Kier alpha value is -3.71. The molecule has 1 unspecified atom stereocenters. The number of aliphatic hydroxyl groups is 1. The fraction of sp³-hybridized carbons (Fsp3) is 0.263. The molecule has 29 heavy (non-hydrogen) atoms. The minimum atomic E-state index is -1.28. The van der Waals surface area contributed by atoms with Gasteiger partial charge in [0.15, 0.2) is 11.4 Å². The second-order valence-electron chi connectivity index (χ2n) is 6.42. The number of nitriles is 1. The van der Waals surface area contributed by atoms with Crippen molar-refractivity contribution in [2.24, 2.45) is 0 Å². The zero-order chi connectivity index (χ0) is 21.1. The summed E-state index contributed by atoms with van der Waals surface area (Å²) in [6.45, 7) is -0.229. The van der Waals surface area contributed by atoms with Gasteiger partial charge in [-0.1, -0.05) is 12.1 Å². The standard InChI is InChI=1S/C19H17FN4O5/c20-12-4-2-11(3-5-12)8-22-18(28)13-9-23-10-14(25)24(7-1-6-21)19(29)15(23)17(27)16(13)26/h2-5,9,14,25,27H,1,7-8,10H2,(H,22,28). The van der Waals surface area contributed by atoms with Gasteiger partial charge in [0.1, 0.15) is 17.6 Å². The average Bonchev–Trinajstić information content (AvgIpc) is 2.69. The first-order valence-corrected chi connectivity index (χ1v) is 8.68. The highest BCUT2D eigenvalue weighted by molar-refractivity contribution is 5.99. The zero-order valence-corrected chi connectivity index (χ0v) is 15.1. The first-order valence-electron chi connectivity index (χ1n) is 8.68. The van der Waals surface area contributed by atoms with Gasteiger partial charge in [-0.15, -0.1) is 0 Å². The molecule has 1 atom stereocenters. The molecule has 0 bridgehead atoms. The number of aromatic hydroxyl groups is 1. The Balaban J connectivity index is 1.86. The van der Waals surface area contributed by atoms with Crippen molar-refractivity contribution in [3.63, 3.8) is 0 Å². The minimum Gasteiger partial charge on any atom is -0.503 e. The van der Waals surface area contributed by atoms with Crippen LogP contribution in [0.3, 0.4) is 0 Å². The van der Waals surface area contributed by atoms with E-state index in [-0.39, 0.29) is 31.7 Å². The van der Waals surface area contributed by atoms with Gasteiger partial charge >= 0.3 is 0 Å². The molecule has 0 fully saturated rings. The van der Waals surface area contributed by atoms with Crippen LogP contribution in [0.2, 0.25) is 0 Å². The Labute approximate surface area is 164 Å². The molecule has 0 aliphatic carbocycles. The number of nitrogens with zero attached hydrogens (tertiary/aromatic N) is 3. The molecule has 1 aromatic carbocycles. The average molecular weight is 400 g/mol. The number of carbonyl (C=O) groups excluding carboxylic acids is 2. The van der Waals surface area contributed by atoms with Crippen LogP contribution >= 0.6 is 0 Å². The Kier molecular flexibility index (Phi) is 5.61. The van der Waals surface area contributed by atoms with Crippen LogP contribution in [0.4, 0.5) is 4.39 Å². The van der Waals surface area contributed by atoms with E-state index < -0.39 is 40.6 Å². The van der Waals surface area contributed by atoms with Crippen LogP contribution in [0.15, 0.2) is 35.3 Å². The number of fused-ring (bicyclic) bond motifs is 1. The van der Waals surface area contributed by atoms with E-state index >= 15 is 0 Å². The molecule has 0 radical (unpaired) electrons.